The number of phenolic OH excluding ortho intramolecular Hbond substituents is 1. The third kappa shape index (κ3) is 11.0. The number of fused-ring (bicyclic) bond motifs is 1. The largest absolute Gasteiger partial charge is 0.508 e. The Morgan fingerprint density at radius 3 is 2.29 bits per heavy atom. The van der Waals surface area contributed by atoms with Gasteiger partial charge >= 0.3 is 0 Å². The number of aliphatic hydroxyl groups is 1. The SMILES string of the molecule is C[C@H](NC(=O)[C@@H]1C[C@@H](O)CN1C(=O)C(NC(=O)Cc1ccc(-c2ccn(CCOc3ccc(Oc4c(-c5ccc(F)cc5)sc5cc(O)ccc45)cc3)n2)cc1)C(C)(C)C)c1ccc(C#N)cc1. The number of rotatable bonds is 15. The highest BCUT2D eigenvalue weighted by Gasteiger charge is 2.44. The molecular formula is C53H51FN6O7S. The number of aliphatic hydroxyl groups excluding tert-OH is 1. The van der Waals surface area contributed by atoms with Crippen LogP contribution in [-0.4, -0.2) is 74.0 Å². The van der Waals surface area contributed by atoms with Crippen LogP contribution in [0.5, 0.6) is 23.0 Å². The normalized spacial score (nSPS) is 15.6. The number of thiophene rings is 1. The smallest absolute Gasteiger partial charge is 0.246 e. The Morgan fingerprint density at radius 2 is 1.60 bits per heavy atom. The van der Waals surface area contributed by atoms with Crippen LogP contribution in [0.25, 0.3) is 31.8 Å². The Labute approximate surface area is 397 Å². The topological polar surface area (TPSA) is 179 Å². The number of carbonyl (C=O) groups excluding carboxylic acids is 3. The van der Waals surface area contributed by atoms with Crippen molar-refractivity contribution in [3.8, 4) is 50.8 Å². The van der Waals surface area contributed by atoms with Gasteiger partial charge in [0.2, 0.25) is 17.7 Å². The van der Waals surface area contributed by atoms with Crippen molar-refractivity contribution in [3.05, 3.63) is 150 Å². The van der Waals surface area contributed by atoms with Gasteiger partial charge in [-0.2, -0.15) is 10.4 Å². The fourth-order valence-corrected chi connectivity index (χ4v) is 9.29. The monoisotopic (exact) mass is 934 g/mol. The zero-order valence-corrected chi connectivity index (χ0v) is 38.8. The molecule has 1 aliphatic heterocycles. The average Bonchev–Trinajstić information content (AvgIpc) is 4.06. The molecule has 2 aromatic heterocycles. The molecule has 8 rings (SSSR count). The van der Waals surface area contributed by atoms with Crippen molar-refractivity contribution in [2.75, 3.05) is 13.2 Å². The number of nitrogens with zero attached hydrogens (tertiary/aromatic N) is 4. The molecule has 1 aliphatic rings. The van der Waals surface area contributed by atoms with Gasteiger partial charge in [-0.3, -0.25) is 19.1 Å². The Hall–Kier alpha value is -7.54. The van der Waals surface area contributed by atoms with Crippen molar-refractivity contribution >= 4 is 39.1 Å². The van der Waals surface area contributed by atoms with Crippen LogP contribution < -0.4 is 20.1 Å². The molecule has 1 saturated heterocycles. The van der Waals surface area contributed by atoms with Gasteiger partial charge < -0.3 is 35.2 Å². The lowest BCUT2D eigenvalue weighted by atomic mass is 9.85. The molecule has 3 heterocycles. The first kappa shape index (κ1) is 47.0. The molecule has 4 N–H and O–H groups in total. The molecule has 3 amide bonds. The van der Waals surface area contributed by atoms with Gasteiger partial charge in [-0.05, 0) is 102 Å². The number of amides is 3. The summed E-state index contributed by atoms with van der Waals surface area (Å²) < 4.78 is 28.8. The maximum atomic E-state index is 14.1. The quantitative estimate of drug-likeness (QED) is 0.0781. The summed E-state index contributed by atoms with van der Waals surface area (Å²) in [6.07, 6.45) is 1.05. The first-order valence-electron chi connectivity index (χ1n) is 22.2. The Morgan fingerprint density at radius 1 is 0.912 bits per heavy atom. The maximum Gasteiger partial charge on any atom is 0.246 e. The third-order valence-electron chi connectivity index (χ3n) is 11.8. The summed E-state index contributed by atoms with van der Waals surface area (Å²) in [5, 5.41) is 41.2. The van der Waals surface area contributed by atoms with Crippen LogP contribution in [0.1, 0.15) is 56.8 Å². The van der Waals surface area contributed by atoms with E-state index in [1.165, 1.54) is 28.4 Å². The van der Waals surface area contributed by atoms with E-state index in [-0.39, 0.29) is 36.9 Å². The second-order valence-electron chi connectivity index (χ2n) is 17.9. The van der Waals surface area contributed by atoms with Crippen molar-refractivity contribution in [2.45, 2.75) is 71.3 Å². The number of halogens is 1. The first-order valence-corrected chi connectivity index (χ1v) is 23.1. The van der Waals surface area contributed by atoms with Gasteiger partial charge in [0, 0.05) is 34.8 Å². The molecule has 0 spiro atoms. The predicted molar refractivity (Wildman–Crippen MR) is 257 cm³/mol. The minimum absolute atomic E-state index is 0.0149. The van der Waals surface area contributed by atoms with E-state index in [9.17, 15) is 29.0 Å². The van der Waals surface area contributed by atoms with E-state index in [1.54, 1.807) is 53.2 Å². The van der Waals surface area contributed by atoms with E-state index in [1.807, 2.05) is 94.6 Å². The van der Waals surface area contributed by atoms with Gasteiger partial charge in [0.1, 0.15) is 41.8 Å². The number of β-amino-alcohol motifs (C(OH)–C–C–N with tert-alkyl or cyclic N) is 1. The standard InChI is InChI=1S/C53H51FN6O7S/c1-32(35-9-7-34(30-55)8-10-35)56-51(64)45-28-40(62)31-60(45)52(65)50(53(2,3)4)57-47(63)27-33-5-11-36(12-6-33)44-23-24-59(58-44)25-26-66-41-18-20-42(21-19-41)67-48-43-22-17-39(61)29-46(43)68-49(48)37-13-15-38(54)16-14-37/h5-24,29,32,40,45,50,61-62H,25-28,31H2,1-4H3,(H,56,64)(H,57,63)/t32-,40+,45-,50?/m0/s1. The Kier molecular flexibility index (Phi) is 13.9. The van der Waals surface area contributed by atoms with Crippen LogP contribution in [-0.2, 0) is 27.3 Å². The van der Waals surface area contributed by atoms with Crippen LogP contribution in [0, 0.1) is 22.6 Å². The zero-order valence-electron chi connectivity index (χ0n) is 38.0. The molecule has 0 saturated carbocycles. The second kappa shape index (κ2) is 20.1. The summed E-state index contributed by atoms with van der Waals surface area (Å²) >= 11 is 1.45. The first-order chi connectivity index (χ1) is 32.6. The number of likely N-dealkylation sites (tertiary alicyclic amines) is 1. The molecule has 0 radical (unpaired) electrons. The minimum atomic E-state index is -0.967. The Balaban J connectivity index is 0.831. The molecule has 1 unspecified atom stereocenters. The fraction of sp³-hybridized carbons (Fsp3) is 0.264. The minimum Gasteiger partial charge on any atom is -0.508 e. The molecule has 5 aromatic carbocycles. The predicted octanol–water partition coefficient (Wildman–Crippen LogP) is 8.93. The van der Waals surface area contributed by atoms with Gasteiger partial charge in [-0.25, -0.2) is 4.39 Å². The summed E-state index contributed by atoms with van der Waals surface area (Å²) in [6, 6.07) is 34.6. The summed E-state index contributed by atoms with van der Waals surface area (Å²) in [4.78, 5) is 43.3. The number of hydrogen-bond acceptors (Lipinski definition) is 10. The van der Waals surface area contributed by atoms with Crippen LogP contribution in [0.2, 0.25) is 0 Å². The zero-order chi connectivity index (χ0) is 48.1. The summed E-state index contributed by atoms with van der Waals surface area (Å²) in [7, 11) is 0. The van der Waals surface area contributed by atoms with E-state index < -0.39 is 41.5 Å². The van der Waals surface area contributed by atoms with Crippen molar-refractivity contribution in [1.82, 2.24) is 25.3 Å². The van der Waals surface area contributed by atoms with E-state index >= 15 is 0 Å². The van der Waals surface area contributed by atoms with Crippen LogP contribution >= 0.6 is 11.3 Å². The molecule has 68 heavy (non-hydrogen) atoms. The highest BCUT2D eigenvalue weighted by Crippen LogP contribution is 2.47. The molecule has 7 aromatic rings. The maximum absolute atomic E-state index is 14.1. The second-order valence-corrected chi connectivity index (χ2v) is 19.0. The van der Waals surface area contributed by atoms with Gasteiger partial charge in [0.25, 0.3) is 0 Å². The molecule has 348 valence electrons. The lowest BCUT2D eigenvalue weighted by Crippen LogP contribution is -2.58. The highest BCUT2D eigenvalue weighted by atomic mass is 32.1. The van der Waals surface area contributed by atoms with Crippen molar-refractivity contribution < 1.29 is 38.5 Å². The van der Waals surface area contributed by atoms with E-state index in [0.29, 0.717) is 36.0 Å². The van der Waals surface area contributed by atoms with Gasteiger partial charge in [0.15, 0.2) is 5.75 Å². The summed E-state index contributed by atoms with van der Waals surface area (Å²) in [5.74, 6) is 0.455. The lowest BCUT2D eigenvalue weighted by molar-refractivity contribution is -0.144. The van der Waals surface area contributed by atoms with E-state index in [2.05, 4.69) is 16.7 Å². The van der Waals surface area contributed by atoms with Crippen LogP contribution in [0.3, 0.4) is 0 Å². The Bertz CT molecular complexity index is 2960. The van der Waals surface area contributed by atoms with E-state index in [0.717, 1.165) is 42.9 Å². The third-order valence-corrected chi connectivity index (χ3v) is 13.0. The van der Waals surface area contributed by atoms with Crippen molar-refractivity contribution in [2.24, 2.45) is 5.41 Å². The number of aromatic nitrogens is 2. The summed E-state index contributed by atoms with van der Waals surface area (Å²) in [6.45, 7) is 8.14. The molecule has 15 heteroatoms. The number of benzene rings is 5. The molecule has 13 nitrogen and oxygen atoms in total. The number of nitrogens with one attached hydrogen (secondary N) is 2. The number of phenols is 1. The molecule has 4 atom stereocenters. The number of nitriles is 1. The van der Waals surface area contributed by atoms with Gasteiger partial charge in [0.05, 0.1) is 47.3 Å². The van der Waals surface area contributed by atoms with Crippen LogP contribution in [0.15, 0.2) is 128 Å². The molecular weight excluding hydrogens is 884 g/mol. The fourth-order valence-electron chi connectivity index (χ4n) is 8.12. The summed E-state index contributed by atoms with van der Waals surface area (Å²) in [5.41, 5.74) is 3.72. The van der Waals surface area contributed by atoms with Gasteiger partial charge in [-0.15, -0.1) is 11.3 Å². The average molecular weight is 935 g/mol. The molecule has 0 bridgehead atoms. The number of hydrogen-bond donors (Lipinski definition) is 4. The highest BCUT2D eigenvalue weighted by molar-refractivity contribution is 7.22. The molecule has 1 fully saturated rings. The van der Waals surface area contributed by atoms with Crippen LogP contribution in [0.4, 0.5) is 4.39 Å². The van der Waals surface area contributed by atoms with Crippen molar-refractivity contribution in [1.29, 1.82) is 5.26 Å². The lowest BCUT2D eigenvalue weighted by Gasteiger charge is -2.35. The van der Waals surface area contributed by atoms with Crippen molar-refractivity contribution in [3.63, 3.8) is 0 Å². The number of ether oxygens (including phenoxy) is 2. The molecule has 0 aliphatic carbocycles. The number of aromatic hydroxyl groups is 1. The van der Waals surface area contributed by atoms with Gasteiger partial charge in [-0.1, -0.05) is 69.3 Å². The van der Waals surface area contributed by atoms with E-state index in [4.69, 9.17) is 19.8 Å². The number of carbonyl (C=O) groups is 3.